The first-order valence-electron chi connectivity index (χ1n) is 4.19. The minimum absolute atomic E-state index is 0.00704. The van der Waals surface area contributed by atoms with Gasteiger partial charge in [-0.2, -0.15) is 0 Å². The third-order valence-corrected chi connectivity index (χ3v) is 1.93. The maximum absolute atomic E-state index is 11.2. The van der Waals surface area contributed by atoms with Gasteiger partial charge >= 0.3 is 0 Å². The summed E-state index contributed by atoms with van der Waals surface area (Å²) in [6.07, 6.45) is 1.43. The van der Waals surface area contributed by atoms with Gasteiger partial charge in [-0.05, 0) is 13.3 Å². The van der Waals surface area contributed by atoms with Crippen molar-refractivity contribution >= 4 is 11.7 Å². The first-order valence-corrected chi connectivity index (χ1v) is 4.19. The second kappa shape index (κ2) is 3.67. The summed E-state index contributed by atoms with van der Waals surface area (Å²) in [5, 5.41) is 1.41. The molecule has 12 heavy (non-hydrogen) atoms. The first kappa shape index (κ1) is 9.19. The molecule has 1 atom stereocenters. The molecule has 1 heterocycles. The Kier molecular flexibility index (Phi) is 2.81. The van der Waals surface area contributed by atoms with E-state index in [2.05, 4.69) is 5.43 Å². The van der Waals surface area contributed by atoms with Crippen molar-refractivity contribution < 1.29 is 9.59 Å². The fourth-order valence-corrected chi connectivity index (χ4v) is 1.25. The van der Waals surface area contributed by atoms with E-state index in [0.717, 1.165) is 6.42 Å². The first-order chi connectivity index (χ1) is 5.63. The van der Waals surface area contributed by atoms with E-state index in [1.54, 1.807) is 0 Å². The van der Waals surface area contributed by atoms with Crippen LogP contribution in [0.25, 0.3) is 0 Å². The molecule has 1 rings (SSSR count). The molecule has 0 radical (unpaired) electrons. The van der Waals surface area contributed by atoms with E-state index < -0.39 is 0 Å². The van der Waals surface area contributed by atoms with Crippen LogP contribution in [0.3, 0.4) is 0 Å². The molecule has 0 aromatic heterocycles. The number of ketones is 1. The molecule has 68 valence electrons. The lowest BCUT2D eigenvalue weighted by Crippen LogP contribution is -2.40. The van der Waals surface area contributed by atoms with Gasteiger partial charge in [0.25, 0.3) is 0 Å². The molecule has 0 aromatic rings. The van der Waals surface area contributed by atoms with Crippen molar-refractivity contribution in [3.05, 3.63) is 0 Å². The Balaban J connectivity index is 2.46. The average molecular weight is 170 g/mol. The van der Waals surface area contributed by atoms with Crippen molar-refractivity contribution in [2.24, 2.45) is 0 Å². The van der Waals surface area contributed by atoms with Crippen LogP contribution in [0.4, 0.5) is 0 Å². The van der Waals surface area contributed by atoms with E-state index in [9.17, 15) is 9.59 Å². The van der Waals surface area contributed by atoms with Gasteiger partial charge in [0.2, 0.25) is 5.91 Å². The van der Waals surface area contributed by atoms with Crippen LogP contribution >= 0.6 is 0 Å². The van der Waals surface area contributed by atoms with Crippen LogP contribution in [0, 0.1) is 0 Å². The van der Waals surface area contributed by atoms with Gasteiger partial charge in [0.1, 0.15) is 0 Å². The molecule has 0 aliphatic carbocycles. The number of hydrazine groups is 1. The Morgan fingerprint density at radius 2 is 2.42 bits per heavy atom. The smallest absolute Gasteiger partial charge is 0.238 e. The van der Waals surface area contributed by atoms with Crippen molar-refractivity contribution in [1.29, 1.82) is 0 Å². The van der Waals surface area contributed by atoms with Crippen molar-refractivity contribution in [2.75, 3.05) is 6.54 Å². The van der Waals surface area contributed by atoms with E-state index in [-0.39, 0.29) is 24.3 Å². The van der Waals surface area contributed by atoms with E-state index in [1.807, 2.05) is 6.92 Å². The third kappa shape index (κ3) is 2.04. The van der Waals surface area contributed by atoms with Crippen LogP contribution in [0.1, 0.15) is 26.7 Å². The predicted molar refractivity (Wildman–Crippen MR) is 44.2 cm³/mol. The van der Waals surface area contributed by atoms with Gasteiger partial charge < -0.3 is 0 Å². The highest BCUT2D eigenvalue weighted by Crippen LogP contribution is 2.09. The zero-order chi connectivity index (χ0) is 9.14. The Morgan fingerprint density at radius 1 is 1.75 bits per heavy atom. The molecule has 1 amide bonds. The largest absolute Gasteiger partial charge is 0.298 e. The topological polar surface area (TPSA) is 49.4 Å². The van der Waals surface area contributed by atoms with E-state index >= 15 is 0 Å². The lowest BCUT2D eigenvalue weighted by atomic mass is 10.2. The van der Waals surface area contributed by atoms with Crippen LogP contribution in [0.2, 0.25) is 0 Å². The summed E-state index contributed by atoms with van der Waals surface area (Å²) in [5.74, 6) is 0.0321. The number of amides is 1. The molecule has 1 saturated heterocycles. The van der Waals surface area contributed by atoms with Crippen molar-refractivity contribution in [3.63, 3.8) is 0 Å². The highest BCUT2D eigenvalue weighted by molar-refractivity contribution is 5.85. The van der Waals surface area contributed by atoms with Gasteiger partial charge in [-0.1, -0.05) is 6.92 Å². The second-order valence-corrected chi connectivity index (χ2v) is 3.12. The minimum Gasteiger partial charge on any atom is -0.298 e. The number of hydrogen-bond donors (Lipinski definition) is 1. The number of carbonyl (C=O) groups is 2. The molecule has 4 heteroatoms. The maximum Gasteiger partial charge on any atom is 0.238 e. The molecule has 4 nitrogen and oxygen atoms in total. The normalized spacial score (nSPS) is 23.3. The van der Waals surface area contributed by atoms with E-state index in [4.69, 9.17) is 0 Å². The molecule has 0 spiro atoms. The van der Waals surface area contributed by atoms with Crippen molar-refractivity contribution in [3.8, 4) is 0 Å². The van der Waals surface area contributed by atoms with Gasteiger partial charge in [-0.3, -0.25) is 14.6 Å². The number of nitrogens with zero attached hydrogens (tertiary/aromatic N) is 1. The number of rotatable bonds is 3. The Labute approximate surface area is 71.9 Å². The standard InChI is InChI=1S/C8H14N2O2/c1-3-7-4-8(12)10(9-7)5-6(2)11/h7,9H,3-5H2,1-2H3. The van der Waals surface area contributed by atoms with Gasteiger partial charge in [0.15, 0.2) is 5.78 Å². The summed E-state index contributed by atoms with van der Waals surface area (Å²) >= 11 is 0. The lowest BCUT2D eigenvalue weighted by Gasteiger charge is -2.15. The van der Waals surface area contributed by atoms with E-state index in [0.29, 0.717) is 6.42 Å². The Morgan fingerprint density at radius 3 is 2.83 bits per heavy atom. The zero-order valence-electron chi connectivity index (χ0n) is 7.46. The monoisotopic (exact) mass is 170 g/mol. The van der Waals surface area contributed by atoms with Crippen LogP contribution in [-0.4, -0.2) is 29.3 Å². The molecule has 1 aliphatic heterocycles. The highest BCUT2D eigenvalue weighted by Gasteiger charge is 2.27. The minimum atomic E-state index is 0.00704. The van der Waals surface area contributed by atoms with Gasteiger partial charge in [-0.15, -0.1) is 0 Å². The number of hydrogen-bond acceptors (Lipinski definition) is 3. The molecule has 1 aliphatic rings. The summed E-state index contributed by atoms with van der Waals surface area (Å²) in [6, 6.07) is 0.219. The number of carbonyl (C=O) groups excluding carboxylic acids is 2. The molecule has 1 fully saturated rings. The van der Waals surface area contributed by atoms with Gasteiger partial charge in [0, 0.05) is 12.5 Å². The van der Waals surface area contributed by atoms with Gasteiger partial charge in [0.05, 0.1) is 6.54 Å². The number of nitrogens with one attached hydrogen (secondary N) is 1. The van der Waals surface area contributed by atoms with Crippen molar-refractivity contribution in [1.82, 2.24) is 10.4 Å². The SMILES string of the molecule is CCC1CC(=O)N(CC(C)=O)N1. The quantitative estimate of drug-likeness (QED) is 0.653. The third-order valence-electron chi connectivity index (χ3n) is 1.93. The molecule has 0 aromatic carbocycles. The van der Waals surface area contributed by atoms with Gasteiger partial charge in [-0.25, -0.2) is 5.43 Å². The second-order valence-electron chi connectivity index (χ2n) is 3.12. The summed E-state index contributed by atoms with van der Waals surface area (Å²) < 4.78 is 0. The number of Topliss-reactive ketones (excluding diaryl/α,β-unsaturated/α-hetero) is 1. The molecule has 1 N–H and O–H groups in total. The van der Waals surface area contributed by atoms with Crippen LogP contribution in [-0.2, 0) is 9.59 Å². The lowest BCUT2D eigenvalue weighted by molar-refractivity contribution is -0.133. The summed E-state index contributed by atoms with van der Waals surface area (Å²) in [4.78, 5) is 21.9. The fraction of sp³-hybridized carbons (Fsp3) is 0.750. The zero-order valence-corrected chi connectivity index (χ0v) is 7.46. The molecular formula is C8H14N2O2. The van der Waals surface area contributed by atoms with Crippen LogP contribution < -0.4 is 5.43 Å². The van der Waals surface area contributed by atoms with E-state index in [1.165, 1.54) is 11.9 Å². The summed E-state index contributed by atoms with van der Waals surface area (Å²) in [7, 11) is 0. The molecule has 0 bridgehead atoms. The Bertz CT molecular complexity index is 203. The van der Waals surface area contributed by atoms with Crippen LogP contribution in [0.15, 0.2) is 0 Å². The predicted octanol–water partition coefficient (Wildman–Crippen LogP) is 0.0909. The molecular weight excluding hydrogens is 156 g/mol. The summed E-state index contributed by atoms with van der Waals surface area (Å²) in [6.45, 7) is 3.69. The van der Waals surface area contributed by atoms with Crippen LogP contribution in [0.5, 0.6) is 0 Å². The molecule has 0 saturated carbocycles. The maximum atomic E-state index is 11.2. The highest BCUT2D eigenvalue weighted by atomic mass is 16.2. The van der Waals surface area contributed by atoms with Crippen molar-refractivity contribution in [2.45, 2.75) is 32.7 Å². The Hall–Kier alpha value is -0.900. The fourth-order valence-electron chi connectivity index (χ4n) is 1.25. The average Bonchev–Trinajstić information content (AvgIpc) is 2.31. The summed E-state index contributed by atoms with van der Waals surface area (Å²) in [5.41, 5.74) is 2.98. The molecule has 1 unspecified atom stereocenters.